The molecular weight excluding hydrogens is 274 g/mol. The lowest BCUT2D eigenvalue weighted by Crippen LogP contribution is -2.42. The van der Waals surface area contributed by atoms with Gasteiger partial charge in [0.05, 0.1) is 13.2 Å². The maximum absolute atomic E-state index is 6.10. The second-order valence-corrected chi connectivity index (χ2v) is 6.47. The van der Waals surface area contributed by atoms with Crippen LogP contribution in [0.25, 0.3) is 0 Å². The van der Waals surface area contributed by atoms with Crippen molar-refractivity contribution in [2.45, 2.75) is 33.3 Å². The van der Waals surface area contributed by atoms with E-state index in [-0.39, 0.29) is 0 Å². The number of benzene rings is 1. The van der Waals surface area contributed by atoms with Gasteiger partial charge in [-0.25, -0.2) is 0 Å². The summed E-state index contributed by atoms with van der Waals surface area (Å²) in [6.07, 6.45) is 2.43. The van der Waals surface area contributed by atoms with Crippen molar-refractivity contribution >= 4 is 5.96 Å². The summed E-state index contributed by atoms with van der Waals surface area (Å²) in [7, 11) is 0. The van der Waals surface area contributed by atoms with Crippen molar-refractivity contribution in [2.75, 3.05) is 26.2 Å². The molecular formula is C18H29N3O. The average molecular weight is 303 g/mol. The van der Waals surface area contributed by atoms with Crippen LogP contribution in [0.15, 0.2) is 35.3 Å². The first-order valence-corrected chi connectivity index (χ1v) is 8.31. The first kappa shape index (κ1) is 16.8. The van der Waals surface area contributed by atoms with Crippen LogP contribution in [0.2, 0.25) is 0 Å². The van der Waals surface area contributed by atoms with Crippen molar-refractivity contribution < 1.29 is 4.74 Å². The Kier molecular flexibility index (Phi) is 6.72. The maximum Gasteiger partial charge on any atom is 0.191 e. The van der Waals surface area contributed by atoms with E-state index in [0.717, 1.165) is 25.6 Å². The highest BCUT2D eigenvalue weighted by molar-refractivity contribution is 5.78. The van der Waals surface area contributed by atoms with Crippen molar-refractivity contribution in [1.29, 1.82) is 0 Å². The number of nitrogens with two attached hydrogens (primary N) is 1. The van der Waals surface area contributed by atoms with Gasteiger partial charge in [-0.2, -0.15) is 0 Å². The summed E-state index contributed by atoms with van der Waals surface area (Å²) < 4.78 is 5.75. The summed E-state index contributed by atoms with van der Waals surface area (Å²) in [6.45, 7) is 8.63. The summed E-state index contributed by atoms with van der Waals surface area (Å²) in [6, 6.07) is 10.3. The topological polar surface area (TPSA) is 50.8 Å². The van der Waals surface area contributed by atoms with E-state index in [1.165, 1.54) is 18.4 Å². The van der Waals surface area contributed by atoms with Crippen molar-refractivity contribution in [3.05, 3.63) is 35.9 Å². The van der Waals surface area contributed by atoms with Crippen molar-refractivity contribution in [1.82, 2.24) is 4.90 Å². The van der Waals surface area contributed by atoms with Gasteiger partial charge in [-0.15, -0.1) is 0 Å². The number of hydrogen-bond donors (Lipinski definition) is 1. The van der Waals surface area contributed by atoms with Crippen LogP contribution >= 0.6 is 0 Å². The van der Waals surface area contributed by atoms with E-state index >= 15 is 0 Å². The van der Waals surface area contributed by atoms with Gasteiger partial charge in [0.2, 0.25) is 0 Å². The van der Waals surface area contributed by atoms with Gasteiger partial charge in [0.25, 0.3) is 0 Å². The highest BCUT2D eigenvalue weighted by Gasteiger charge is 2.17. The predicted molar refractivity (Wildman–Crippen MR) is 91.7 cm³/mol. The van der Waals surface area contributed by atoms with Crippen LogP contribution in [0.3, 0.4) is 0 Å². The molecule has 0 aromatic heterocycles. The zero-order chi connectivity index (χ0) is 15.8. The summed E-state index contributed by atoms with van der Waals surface area (Å²) in [5.74, 6) is 1.89. The molecule has 4 nitrogen and oxygen atoms in total. The molecule has 1 aliphatic rings. The Balaban J connectivity index is 1.66. The van der Waals surface area contributed by atoms with E-state index in [1.807, 2.05) is 18.2 Å². The van der Waals surface area contributed by atoms with Crippen molar-refractivity contribution in [2.24, 2.45) is 22.6 Å². The molecule has 0 radical (unpaired) electrons. The molecule has 0 bridgehead atoms. The molecule has 1 aromatic rings. The molecule has 1 saturated heterocycles. The molecule has 1 fully saturated rings. The Morgan fingerprint density at radius 2 is 2.00 bits per heavy atom. The predicted octanol–water partition coefficient (Wildman–Crippen LogP) is 2.89. The fourth-order valence-electron chi connectivity index (χ4n) is 2.59. The zero-order valence-electron chi connectivity index (χ0n) is 13.9. The highest BCUT2D eigenvalue weighted by atomic mass is 16.5. The van der Waals surface area contributed by atoms with Crippen molar-refractivity contribution in [3.8, 4) is 0 Å². The molecule has 4 heteroatoms. The third-order valence-electron chi connectivity index (χ3n) is 4.19. The normalized spacial score (nSPS) is 18.5. The molecule has 22 heavy (non-hydrogen) atoms. The lowest BCUT2D eigenvalue weighted by Gasteiger charge is -2.31. The summed E-state index contributed by atoms with van der Waals surface area (Å²) in [5, 5.41) is 0. The van der Waals surface area contributed by atoms with Gasteiger partial charge < -0.3 is 15.4 Å². The molecule has 2 rings (SSSR count). The molecule has 0 spiro atoms. The SMILES string of the molecule is CC1CCN(C(N)=NCC(C)COCc2ccccc2)CC1. The van der Waals surface area contributed by atoms with E-state index in [2.05, 4.69) is 35.9 Å². The highest BCUT2D eigenvalue weighted by Crippen LogP contribution is 2.15. The van der Waals surface area contributed by atoms with E-state index in [9.17, 15) is 0 Å². The van der Waals surface area contributed by atoms with E-state index in [0.29, 0.717) is 25.1 Å². The molecule has 0 amide bonds. The van der Waals surface area contributed by atoms with Crippen LogP contribution in [0, 0.1) is 11.8 Å². The van der Waals surface area contributed by atoms with Gasteiger partial charge in [-0.05, 0) is 30.2 Å². The number of guanidine groups is 1. The minimum absolute atomic E-state index is 0.381. The van der Waals surface area contributed by atoms with Gasteiger partial charge in [0, 0.05) is 19.6 Å². The Hall–Kier alpha value is -1.55. The average Bonchev–Trinajstić information content (AvgIpc) is 2.54. The number of rotatable bonds is 6. The van der Waals surface area contributed by atoms with Crippen LogP contribution < -0.4 is 5.73 Å². The Bertz CT molecular complexity index is 453. The van der Waals surface area contributed by atoms with Gasteiger partial charge in [-0.1, -0.05) is 44.2 Å². The monoisotopic (exact) mass is 303 g/mol. The molecule has 1 heterocycles. The second-order valence-electron chi connectivity index (χ2n) is 6.47. The van der Waals surface area contributed by atoms with E-state index < -0.39 is 0 Å². The minimum atomic E-state index is 0.381. The van der Waals surface area contributed by atoms with Gasteiger partial charge in [-0.3, -0.25) is 4.99 Å². The number of aliphatic imine (C=N–C) groups is 1. The van der Waals surface area contributed by atoms with Crippen LogP contribution in [0.5, 0.6) is 0 Å². The van der Waals surface area contributed by atoms with Gasteiger partial charge in [0.15, 0.2) is 5.96 Å². The number of likely N-dealkylation sites (tertiary alicyclic amines) is 1. The van der Waals surface area contributed by atoms with E-state index in [4.69, 9.17) is 10.5 Å². The lowest BCUT2D eigenvalue weighted by molar-refractivity contribution is 0.0944. The van der Waals surface area contributed by atoms with Crippen LogP contribution in [-0.4, -0.2) is 37.1 Å². The smallest absolute Gasteiger partial charge is 0.191 e. The summed E-state index contributed by atoms with van der Waals surface area (Å²) in [5.41, 5.74) is 7.31. The zero-order valence-corrected chi connectivity index (χ0v) is 13.9. The Labute approximate surface area is 134 Å². The molecule has 1 aliphatic heterocycles. The first-order chi connectivity index (χ1) is 10.6. The Morgan fingerprint density at radius 1 is 1.32 bits per heavy atom. The molecule has 1 unspecified atom stereocenters. The molecule has 122 valence electrons. The molecule has 1 atom stereocenters. The number of hydrogen-bond acceptors (Lipinski definition) is 2. The lowest BCUT2D eigenvalue weighted by atomic mass is 10.00. The maximum atomic E-state index is 6.10. The standard InChI is InChI=1S/C18H29N3O/c1-15-8-10-21(11-9-15)18(19)20-12-16(2)13-22-14-17-6-4-3-5-7-17/h3-7,15-16H,8-14H2,1-2H3,(H2,19,20). The molecule has 1 aromatic carbocycles. The van der Waals surface area contributed by atoms with Crippen LogP contribution in [0.4, 0.5) is 0 Å². The third kappa shape index (κ3) is 5.68. The van der Waals surface area contributed by atoms with Gasteiger partial charge >= 0.3 is 0 Å². The van der Waals surface area contributed by atoms with Crippen molar-refractivity contribution in [3.63, 3.8) is 0 Å². The number of nitrogens with zero attached hydrogens (tertiary/aromatic N) is 2. The first-order valence-electron chi connectivity index (χ1n) is 8.31. The largest absolute Gasteiger partial charge is 0.376 e. The van der Waals surface area contributed by atoms with Gasteiger partial charge in [0.1, 0.15) is 0 Å². The minimum Gasteiger partial charge on any atom is -0.376 e. The summed E-state index contributed by atoms with van der Waals surface area (Å²) in [4.78, 5) is 6.74. The Morgan fingerprint density at radius 3 is 2.68 bits per heavy atom. The number of piperidine rings is 1. The van der Waals surface area contributed by atoms with E-state index in [1.54, 1.807) is 0 Å². The van der Waals surface area contributed by atoms with Crippen LogP contribution in [-0.2, 0) is 11.3 Å². The third-order valence-corrected chi connectivity index (χ3v) is 4.19. The second kappa shape index (κ2) is 8.79. The summed E-state index contributed by atoms with van der Waals surface area (Å²) >= 11 is 0. The molecule has 0 aliphatic carbocycles. The fourth-order valence-corrected chi connectivity index (χ4v) is 2.59. The quantitative estimate of drug-likeness (QED) is 0.649. The van der Waals surface area contributed by atoms with Crippen LogP contribution in [0.1, 0.15) is 32.3 Å². The molecule has 2 N–H and O–H groups in total. The fraction of sp³-hybridized carbons (Fsp3) is 0.611. The molecule has 0 saturated carbocycles. The number of ether oxygens (including phenoxy) is 1.